The number of carbonyl (C=O) groups excluding carboxylic acids is 2. The predicted octanol–water partition coefficient (Wildman–Crippen LogP) is -4.48. The zero-order valence-corrected chi connectivity index (χ0v) is 14.7. The summed E-state index contributed by atoms with van der Waals surface area (Å²) >= 11 is 0. The Morgan fingerprint density at radius 1 is 1.04 bits per heavy atom. The third kappa shape index (κ3) is 5.72. The van der Waals surface area contributed by atoms with Gasteiger partial charge < -0.3 is 11.0 Å². The van der Waals surface area contributed by atoms with Crippen LogP contribution < -0.4 is 52.1 Å². The topological polar surface area (TPSA) is 144 Å². The van der Waals surface area contributed by atoms with Crippen molar-refractivity contribution in [3.8, 4) is 0 Å². The summed E-state index contributed by atoms with van der Waals surface area (Å²) < 4.78 is 2.08. The van der Waals surface area contributed by atoms with Gasteiger partial charge in [-0.15, -0.1) is 0 Å². The van der Waals surface area contributed by atoms with Gasteiger partial charge in [-0.1, -0.05) is 7.43 Å². The first-order valence-electron chi connectivity index (χ1n) is 5.80. The molecule has 0 spiro atoms. The van der Waals surface area contributed by atoms with Crippen LogP contribution in [0.5, 0.6) is 0 Å². The molecule has 0 fully saturated rings. The number of aldehydes is 2. The van der Waals surface area contributed by atoms with Crippen LogP contribution in [-0.4, -0.2) is 31.7 Å². The third-order valence-electron chi connectivity index (χ3n) is 2.57. The molecule has 2 aromatic heterocycles. The van der Waals surface area contributed by atoms with Crippen LogP contribution in [-0.2, 0) is 14.1 Å². The molecule has 126 valence electrons. The van der Waals surface area contributed by atoms with Crippen LogP contribution in [0.25, 0.3) is 0 Å². The molecule has 2 aromatic rings. The van der Waals surface area contributed by atoms with Gasteiger partial charge in [-0.2, -0.15) is 0 Å². The van der Waals surface area contributed by atoms with Gasteiger partial charge in [0.1, 0.15) is 0 Å². The van der Waals surface area contributed by atoms with Crippen molar-refractivity contribution in [1.82, 2.24) is 19.1 Å². The molecule has 0 aliphatic carbocycles. The summed E-state index contributed by atoms with van der Waals surface area (Å²) in [5.41, 5.74) is -2.38. The Morgan fingerprint density at radius 3 is 2.04 bits per heavy atom. The van der Waals surface area contributed by atoms with Gasteiger partial charge in [0.05, 0.1) is 11.1 Å². The maximum Gasteiger partial charge on any atom is 1.00 e. The number of hydrogen-bond donors (Lipinski definition) is 2. The SMILES string of the molecule is C.Cn1cc(C=O)c(=O)n(C)c1=O.O=Cc1c[nH]c(=O)[nH]c1=O.[H-].[Na+]. The third-order valence-corrected chi connectivity index (χ3v) is 2.57. The van der Waals surface area contributed by atoms with Crippen LogP contribution in [0.15, 0.2) is 31.6 Å². The van der Waals surface area contributed by atoms with Crippen molar-refractivity contribution < 1.29 is 40.6 Å². The standard InChI is InChI=1S/C7H8N2O3.C5H4N2O3.CH4.Na.H/c1-8-3-5(4-10)6(11)9(2)7(8)12;8-2-3-1-6-5(10)7-4(3)9;;;/h3-4H,1-2H3;1-2H,(H2,6,7,9,10);1H4;;/q;;;+1;-1. The van der Waals surface area contributed by atoms with Crippen molar-refractivity contribution in [2.24, 2.45) is 14.1 Å². The minimum atomic E-state index is -0.668. The quantitative estimate of drug-likeness (QED) is 0.414. The minimum Gasteiger partial charge on any atom is -1.00 e. The van der Waals surface area contributed by atoms with E-state index in [1.54, 1.807) is 0 Å². The Morgan fingerprint density at radius 2 is 1.58 bits per heavy atom. The van der Waals surface area contributed by atoms with Crippen LogP contribution in [0.4, 0.5) is 0 Å². The van der Waals surface area contributed by atoms with Gasteiger partial charge in [-0.3, -0.25) is 28.7 Å². The van der Waals surface area contributed by atoms with E-state index in [1.165, 1.54) is 24.9 Å². The van der Waals surface area contributed by atoms with E-state index in [-0.39, 0.29) is 49.5 Å². The molecule has 24 heavy (non-hydrogen) atoms. The Kier molecular flexibility index (Phi) is 10.5. The van der Waals surface area contributed by atoms with Crippen molar-refractivity contribution in [2.75, 3.05) is 0 Å². The van der Waals surface area contributed by atoms with Gasteiger partial charge in [-0.05, 0) is 0 Å². The number of nitrogens with zero attached hydrogens (tertiary/aromatic N) is 2. The summed E-state index contributed by atoms with van der Waals surface area (Å²) in [6.45, 7) is 0. The zero-order valence-electron chi connectivity index (χ0n) is 13.7. The molecule has 0 saturated carbocycles. The first-order valence-corrected chi connectivity index (χ1v) is 5.80. The van der Waals surface area contributed by atoms with E-state index in [0.29, 0.717) is 12.6 Å². The molecule has 11 heteroatoms. The van der Waals surface area contributed by atoms with Crippen molar-refractivity contribution in [2.45, 2.75) is 7.43 Å². The summed E-state index contributed by atoms with van der Waals surface area (Å²) in [6, 6.07) is 0. The normalized spacial score (nSPS) is 8.75. The summed E-state index contributed by atoms with van der Waals surface area (Å²) in [6.07, 6.45) is 3.09. The second-order valence-corrected chi connectivity index (χ2v) is 4.11. The fourth-order valence-electron chi connectivity index (χ4n) is 1.42. The summed E-state index contributed by atoms with van der Waals surface area (Å²) in [7, 11) is 2.81. The molecule has 0 radical (unpaired) electrons. The van der Waals surface area contributed by atoms with Crippen LogP contribution in [0.1, 0.15) is 29.6 Å². The van der Waals surface area contributed by atoms with Crippen LogP contribution >= 0.6 is 0 Å². The fraction of sp³-hybridized carbons (Fsp3) is 0.231. The van der Waals surface area contributed by atoms with E-state index in [9.17, 15) is 28.8 Å². The van der Waals surface area contributed by atoms with Crippen molar-refractivity contribution in [3.05, 3.63) is 65.2 Å². The number of rotatable bonds is 2. The Labute approximate surface area is 158 Å². The number of carbonyl (C=O) groups is 2. The molecule has 0 unspecified atom stereocenters. The van der Waals surface area contributed by atoms with E-state index in [0.717, 1.165) is 10.8 Å². The molecule has 0 bridgehead atoms. The maximum atomic E-state index is 11.1. The molecule has 0 atom stereocenters. The molecule has 2 N–H and O–H groups in total. The second-order valence-electron chi connectivity index (χ2n) is 4.11. The van der Waals surface area contributed by atoms with Gasteiger partial charge in [-0.25, -0.2) is 9.59 Å². The molecule has 0 saturated heterocycles. The maximum absolute atomic E-state index is 11.1. The molecule has 0 aromatic carbocycles. The molecule has 2 heterocycles. The number of aromatic amines is 2. The first kappa shape index (κ1) is 24.0. The van der Waals surface area contributed by atoms with E-state index in [1.807, 2.05) is 4.98 Å². The van der Waals surface area contributed by atoms with E-state index in [4.69, 9.17) is 0 Å². The second kappa shape index (κ2) is 10.5. The Hall–Kier alpha value is -2.30. The number of H-pyrrole nitrogens is 2. The minimum absolute atomic E-state index is 0. The largest absolute Gasteiger partial charge is 1.00 e. The van der Waals surface area contributed by atoms with E-state index >= 15 is 0 Å². The van der Waals surface area contributed by atoms with Gasteiger partial charge in [0.25, 0.3) is 11.1 Å². The van der Waals surface area contributed by atoms with Gasteiger partial charge in [0.2, 0.25) is 0 Å². The van der Waals surface area contributed by atoms with Crippen LogP contribution in [0.2, 0.25) is 0 Å². The summed E-state index contributed by atoms with van der Waals surface area (Å²) in [5, 5.41) is 0. The monoisotopic (exact) mass is 348 g/mol. The van der Waals surface area contributed by atoms with Gasteiger partial charge in [0.15, 0.2) is 12.6 Å². The zero-order chi connectivity index (χ0) is 16.9. The summed E-state index contributed by atoms with van der Waals surface area (Å²) in [4.78, 5) is 67.4. The van der Waals surface area contributed by atoms with E-state index in [2.05, 4.69) is 4.98 Å². The summed E-state index contributed by atoms with van der Waals surface area (Å²) in [5.74, 6) is 0. The number of aryl methyl sites for hydroxylation is 1. The molecule has 0 aliphatic rings. The Balaban J connectivity index is -0.000000350. The first-order chi connectivity index (χ1) is 10.3. The van der Waals surface area contributed by atoms with Crippen LogP contribution in [0, 0.1) is 0 Å². The van der Waals surface area contributed by atoms with Crippen molar-refractivity contribution in [3.63, 3.8) is 0 Å². The molecule has 0 aliphatic heterocycles. The fourth-order valence-corrected chi connectivity index (χ4v) is 1.42. The van der Waals surface area contributed by atoms with Gasteiger partial charge >= 0.3 is 40.9 Å². The molecule has 10 nitrogen and oxygen atoms in total. The number of hydrogen-bond acceptors (Lipinski definition) is 6. The molecule has 0 amide bonds. The average molecular weight is 348 g/mol. The van der Waals surface area contributed by atoms with Gasteiger partial charge in [0, 0.05) is 26.5 Å². The van der Waals surface area contributed by atoms with Crippen molar-refractivity contribution in [1.29, 1.82) is 0 Å². The van der Waals surface area contributed by atoms with E-state index < -0.39 is 22.5 Å². The molecular formula is C13H17N4NaO6. The number of nitrogens with one attached hydrogen (secondary N) is 2. The van der Waals surface area contributed by atoms with Crippen molar-refractivity contribution >= 4 is 12.6 Å². The predicted molar refractivity (Wildman–Crippen MR) is 83.2 cm³/mol. The smallest absolute Gasteiger partial charge is 1.00 e. The molecule has 2 rings (SSSR count). The number of aromatic nitrogens is 4. The molecular weight excluding hydrogens is 331 g/mol. The Bertz CT molecular complexity index is 943. The average Bonchev–Trinajstić information content (AvgIpc) is 2.49. The van der Waals surface area contributed by atoms with Crippen LogP contribution in [0.3, 0.4) is 0 Å².